The normalized spacial score (nSPS) is 17.4. The van der Waals surface area contributed by atoms with Crippen molar-refractivity contribution in [1.29, 1.82) is 0 Å². The van der Waals surface area contributed by atoms with E-state index in [4.69, 9.17) is 0 Å². The van der Waals surface area contributed by atoms with Gasteiger partial charge in [0.15, 0.2) is 5.16 Å². The number of amides is 2. The van der Waals surface area contributed by atoms with E-state index in [1.54, 1.807) is 27.4 Å². The Morgan fingerprint density at radius 1 is 1.11 bits per heavy atom. The Morgan fingerprint density at radius 3 is 2.44 bits per heavy atom. The Kier molecular flexibility index (Phi) is 4.90. The molecule has 0 atom stereocenters. The maximum Gasteiger partial charge on any atom is 0.262 e. The lowest BCUT2D eigenvalue weighted by atomic mass is 10.2. The standard InChI is InChI=1S/C19H22N4O3S/c1-13(24)21-8-10-22(11-9-21)17(25)12-27-19-20-16-5-3-2-4-15(16)18(26)23(19)14-6-7-14/h2-5,14H,6-12H2,1H3. The maximum atomic E-state index is 12.9. The predicted octanol–water partition coefficient (Wildman–Crippen LogP) is 1.51. The van der Waals surface area contributed by atoms with Crippen LogP contribution in [0.25, 0.3) is 10.9 Å². The van der Waals surface area contributed by atoms with Crippen molar-refractivity contribution < 1.29 is 9.59 Å². The lowest BCUT2D eigenvalue weighted by Crippen LogP contribution is -2.50. The Hall–Kier alpha value is -2.35. The number of nitrogens with zero attached hydrogens (tertiary/aromatic N) is 4. The number of rotatable bonds is 4. The van der Waals surface area contributed by atoms with E-state index in [0.717, 1.165) is 12.8 Å². The Balaban J connectivity index is 1.49. The third-order valence-electron chi connectivity index (χ3n) is 5.09. The molecule has 0 unspecified atom stereocenters. The first kappa shape index (κ1) is 18.0. The van der Waals surface area contributed by atoms with Gasteiger partial charge in [-0.2, -0.15) is 0 Å². The molecule has 1 saturated carbocycles. The van der Waals surface area contributed by atoms with Gasteiger partial charge in [-0.3, -0.25) is 19.0 Å². The Labute approximate surface area is 161 Å². The number of carbonyl (C=O) groups is 2. The van der Waals surface area contributed by atoms with Gasteiger partial charge in [-0.1, -0.05) is 23.9 Å². The van der Waals surface area contributed by atoms with Gasteiger partial charge in [0.1, 0.15) is 0 Å². The fourth-order valence-corrected chi connectivity index (χ4v) is 4.34. The molecule has 0 N–H and O–H groups in total. The second kappa shape index (κ2) is 7.34. The van der Waals surface area contributed by atoms with Crippen molar-refractivity contribution in [3.05, 3.63) is 34.6 Å². The number of carbonyl (C=O) groups excluding carboxylic acids is 2. The Bertz CT molecular complexity index is 946. The monoisotopic (exact) mass is 386 g/mol. The van der Waals surface area contributed by atoms with Crippen molar-refractivity contribution in [2.24, 2.45) is 0 Å². The average Bonchev–Trinajstić information content (AvgIpc) is 3.51. The molecule has 2 amide bonds. The third kappa shape index (κ3) is 3.71. The second-order valence-electron chi connectivity index (χ2n) is 6.99. The van der Waals surface area contributed by atoms with Crippen LogP contribution in [-0.2, 0) is 9.59 Å². The van der Waals surface area contributed by atoms with Crippen LogP contribution in [0.3, 0.4) is 0 Å². The summed E-state index contributed by atoms with van der Waals surface area (Å²) in [7, 11) is 0. The molecule has 1 aromatic carbocycles. The van der Waals surface area contributed by atoms with Crippen molar-refractivity contribution in [1.82, 2.24) is 19.4 Å². The van der Waals surface area contributed by atoms with Crippen molar-refractivity contribution in [3.8, 4) is 0 Å². The number of para-hydroxylation sites is 1. The van der Waals surface area contributed by atoms with E-state index < -0.39 is 0 Å². The minimum Gasteiger partial charge on any atom is -0.339 e. The van der Waals surface area contributed by atoms with E-state index >= 15 is 0 Å². The molecule has 0 spiro atoms. The summed E-state index contributed by atoms with van der Waals surface area (Å²) < 4.78 is 1.76. The molecule has 142 valence electrons. The van der Waals surface area contributed by atoms with Crippen molar-refractivity contribution in [3.63, 3.8) is 0 Å². The molecule has 0 bridgehead atoms. The number of benzene rings is 1. The Morgan fingerprint density at radius 2 is 1.78 bits per heavy atom. The van der Waals surface area contributed by atoms with E-state index in [1.165, 1.54) is 11.8 Å². The molecule has 2 aromatic rings. The van der Waals surface area contributed by atoms with E-state index in [1.807, 2.05) is 18.2 Å². The molecular weight excluding hydrogens is 364 g/mol. The van der Waals surface area contributed by atoms with Gasteiger partial charge in [0, 0.05) is 39.1 Å². The first-order valence-corrected chi connectivity index (χ1v) is 10.2. The highest BCUT2D eigenvalue weighted by molar-refractivity contribution is 7.99. The zero-order chi connectivity index (χ0) is 19.0. The highest BCUT2D eigenvalue weighted by Crippen LogP contribution is 2.36. The summed E-state index contributed by atoms with van der Waals surface area (Å²) in [6.45, 7) is 3.81. The van der Waals surface area contributed by atoms with E-state index in [9.17, 15) is 14.4 Å². The minimum absolute atomic E-state index is 0.0203. The average molecular weight is 386 g/mol. The summed E-state index contributed by atoms with van der Waals surface area (Å²) >= 11 is 1.33. The van der Waals surface area contributed by atoms with Gasteiger partial charge in [0.05, 0.1) is 16.7 Å². The number of piperazine rings is 1. The predicted molar refractivity (Wildman–Crippen MR) is 104 cm³/mol. The fraction of sp³-hybridized carbons (Fsp3) is 0.474. The van der Waals surface area contributed by atoms with E-state index in [-0.39, 0.29) is 29.2 Å². The summed E-state index contributed by atoms with van der Waals surface area (Å²) in [5, 5.41) is 1.25. The van der Waals surface area contributed by atoms with Crippen LogP contribution in [0.4, 0.5) is 0 Å². The molecule has 1 aliphatic carbocycles. The zero-order valence-corrected chi connectivity index (χ0v) is 16.1. The summed E-state index contributed by atoms with van der Waals surface area (Å²) in [4.78, 5) is 45.0. The number of thioether (sulfide) groups is 1. The van der Waals surface area contributed by atoms with Crippen LogP contribution in [-0.4, -0.2) is 63.1 Å². The van der Waals surface area contributed by atoms with Crippen LogP contribution in [0.15, 0.2) is 34.2 Å². The highest BCUT2D eigenvalue weighted by Gasteiger charge is 2.29. The molecule has 8 heteroatoms. The van der Waals surface area contributed by atoms with Gasteiger partial charge < -0.3 is 9.80 Å². The van der Waals surface area contributed by atoms with Gasteiger partial charge >= 0.3 is 0 Å². The largest absolute Gasteiger partial charge is 0.339 e. The van der Waals surface area contributed by atoms with Gasteiger partial charge in [0.25, 0.3) is 5.56 Å². The topological polar surface area (TPSA) is 75.5 Å². The van der Waals surface area contributed by atoms with Crippen LogP contribution in [0.5, 0.6) is 0 Å². The molecule has 2 fully saturated rings. The lowest BCUT2D eigenvalue weighted by Gasteiger charge is -2.34. The molecule has 7 nitrogen and oxygen atoms in total. The summed E-state index contributed by atoms with van der Waals surface area (Å²) in [6, 6.07) is 7.55. The van der Waals surface area contributed by atoms with E-state index in [2.05, 4.69) is 4.98 Å². The molecule has 2 heterocycles. The molecule has 1 aromatic heterocycles. The van der Waals surface area contributed by atoms with Gasteiger partial charge in [0.2, 0.25) is 11.8 Å². The molecule has 2 aliphatic rings. The van der Waals surface area contributed by atoms with Crippen LogP contribution in [0.2, 0.25) is 0 Å². The van der Waals surface area contributed by atoms with Gasteiger partial charge in [-0.15, -0.1) is 0 Å². The van der Waals surface area contributed by atoms with Crippen LogP contribution < -0.4 is 5.56 Å². The van der Waals surface area contributed by atoms with Crippen LogP contribution >= 0.6 is 11.8 Å². The first-order valence-electron chi connectivity index (χ1n) is 9.22. The SMILES string of the molecule is CC(=O)N1CCN(C(=O)CSc2nc3ccccc3c(=O)n2C2CC2)CC1. The minimum atomic E-state index is -0.0203. The molecule has 1 saturated heterocycles. The fourth-order valence-electron chi connectivity index (χ4n) is 3.37. The highest BCUT2D eigenvalue weighted by atomic mass is 32.2. The second-order valence-corrected chi connectivity index (χ2v) is 7.94. The maximum absolute atomic E-state index is 12.9. The lowest BCUT2D eigenvalue weighted by molar-refractivity contribution is -0.136. The summed E-state index contributed by atoms with van der Waals surface area (Å²) in [5.74, 6) is 0.315. The number of hydrogen-bond donors (Lipinski definition) is 0. The van der Waals surface area contributed by atoms with E-state index in [0.29, 0.717) is 42.2 Å². The summed E-state index contributed by atoms with van der Waals surface area (Å²) in [5.41, 5.74) is 0.651. The van der Waals surface area contributed by atoms with Crippen LogP contribution in [0.1, 0.15) is 25.8 Å². The van der Waals surface area contributed by atoms with Crippen molar-refractivity contribution in [2.75, 3.05) is 31.9 Å². The molecule has 4 rings (SSSR count). The van der Waals surface area contributed by atoms with Crippen molar-refractivity contribution >= 4 is 34.5 Å². The smallest absolute Gasteiger partial charge is 0.262 e. The van der Waals surface area contributed by atoms with Gasteiger partial charge in [-0.25, -0.2) is 4.98 Å². The quantitative estimate of drug-likeness (QED) is 0.588. The molecular formula is C19H22N4O3S. The molecule has 0 radical (unpaired) electrons. The molecule has 27 heavy (non-hydrogen) atoms. The zero-order valence-electron chi connectivity index (χ0n) is 15.3. The van der Waals surface area contributed by atoms with Crippen molar-refractivity contribution in [2.45, 2.75) is 31.0 Å². The number of fused-ring (bicyclic) bond motifs is 1. The number of hydrogen-bond acceptors (Lipinski definition) is 5. The summed E-state index contributed by atoms with van der Waals surface area (Å²) in [6.07, 6.45) is 1.96. The third-order valence-corrected chi connectivity index (χ3v) is 6.03. The first-order chi connectivity index (χ1) is 13.0. The van der Waals surface area contributed by atoms with Gasteiger partial charge in [-0.05, 0) is 25.0 Å². The van der Waals surface area contributed by atoms with Crippen LogP contribution in [0, 0.1) is 0 Å². The number of aromatic nitrogens is 2. The molecule has 1 aliphatic heterocycles.